The van der Waals surface area contributed by atoms with E-state index in [1.54, 1.807) is 13.0 Å². The molecule has 2 N–H and O–H groups in total. The maximum Gasteiger partial charge on any atom is 0.336 e. The summed E-state index contributed by atoms with van der Waals surface area (Å²) in [5, 5.41) is 10.2. The second kappa shape index (κ2) is 7.09. The van der Waals surface area contributed by atoms with E-state index in [9.17, 15) is 10.1 Å². The average Bonchev–Trinajstić information content (AvgIpc) is 2.74. The summed E-state index contributed by atoms with van der Waals surface area (Å²) >= 11 is 0. The molecular weight excluding hydrogens is 368 g/mol. The van der Waals surface area contributed by atoms with Gasteiger partial charge in [0.05, 0.1) is 24.6 Å². The van der Waals surface area contributed by atoms with Gasteiger partial charge in [0.1, 0.15) is 17.4 Å². The van der Waals surface area contributed by atoms with Gasteiger partial charge >= 0.3 is 5.63 Å². The number of anilines is 1. The van der Waals surface area contributed by atoms with E-state index >= 15 is 0 Å². The van der Waals surface area contributed by atoms with Crippen molar-refractivity contribution in [1.82, 2.24) is 9.97 Å². The molecule has 0 spiro atoms. The van der Waals surface area contributed by atoms with Gasteiger partial charge < -0.3 is 14.9 Å². The fraction of sp³-hybridized carbons (Fsp3) is 0.0909. The van der Waals surface area contributed by atoms with Gasteiger partial charge in [0.2, 0.25) is 5.95 Å². The van der Waals surface area contributed by atoms with E-state index < -0.39 is 5.63 Å². The highest BCUT2D eigenvalue weighted by molar-refractivity contribution is 5.99. The van der Waals surface area contributed by atoms with Crippen LogP contribution in [-0.2, 0) is 0 Å². The number of benzene rings is 2. The van der Waals surface area contributed by atoms with Gasteiger partial charge in [0, 0.05) is 22.6 Å². The Labute approximate surface area is 166 Å². The van der Waals surface area contributed by atoms with E-state index in [-0.39, 0.29) is 11.5 Å². The van der Waals surface area contributed by atoms with Crippen molar-refractivity contribution in [1.29, 1.82) is 5.26 Å². The third-order valence-electron chi connectivity index (χ3n) is 4.69. The number of fused-ring (bicyclic) bond motifs is 1. The molecule has 0 amide bonds. The minimum absolute atomic E-state index is 0.0432. The molecular formula is C22H16N4O3. The van der Waals surface area contributed by atoms with Crippen molar-refractivity contribution in [2.24, 2.45) is 0 Å². The first-order valence-corrected chi connectivity index (χ1v) is 8.77. The number of nitriles is 1. The molecule has 7 nitrogen and oxygen atoms in total. The molecule has 0 radical (unpaired) electrons. The second-order valence-corrected chi connectivity index (χ2v) is 6.41. The largest absolute Gasteiger partial charge is 0.496 e. The van der Waals surface area contributed by atoms with Crippen LogP contribution in [0.2, 0.25) is 0 Å². The normalized spacial score (nSPS) is 10.7. The number of aromatic nitrogens is 2. The quantitative estimate of drug-likeness (QED) is 0.536. The standard InChI is InChI=1S/C22H16N4O3/c1-12-20(28-2)17(19-14(10-23)11-25-22(24)26-19)8-16-15(9-18(27)29-21(12)16)13-6-4-3-5-7-13/h3-9,11H,1-2H3,(H2,24,25,26). The number of nitrogens with zero attached hydrogens (tertiary/aromatic N) is 3. The molecule has 0 bridgehead atoms. The first kappa shape index (κ1) is 18.2. The Morgan fingerprint density at radius 1 is 1.17 bits per heavy atom. The molecule has 0 saturated heterocycles. The molecule has 0 aliphatic carbocycles. The Morgan fingerprint density at radius 3 is 2.62 bits per heavy atom. The van der Waals surface area contributed by atoms with E-state index in [0.717, 1.165) is 5.56 Å². The number of rotatable bonds is 3. The Bertz CT molecular complexity index is 1340. The SMILES string of the molecule is COc1c(-c2nc(N)ncc2C#N)cc2c(-c3ccccc3)cc(=O)oc2c1C. The van der Waals surface area contributed by atoms with Gasteiger partial charge in [-0.05, 0) is 24.1 Å². The maximum atomic E-state index is 12.2. The van der Waals surface area contributed by atoms with Crippen LogP contribution < -0.4 is 16.1 Å². The molecule has 142 valence electrons. The van der Waals surface area contributed by atoms with Crippen molar-refractivity contribution in [2.75, 3.05) is 12.8 Å². The molecule has 0 saturated carbocycles. The van der Waals surface area contributed by atoms with E-state index in [1.165, 1.54) is 19.4 Å². The van der Waals surface area contributed by atoms with E-state index in [0.29, 0.717) is 39.1 Å². The van der Waals surface area contributed by atoms with Crippen LogP contribution in [0.3, 0.4) is 0 Å². The van der Waals surface area contributed by atoms with Gasteiger partial charge in [0.15, 0.2) is 0 Å². The first-order chi connectivity index (χ1) is 14.0. The third-order valence-corrected chi connectivity index (χ3v) is 4.69. The first-order valence-electron chi connectivity index (χ1n) is 8.77. The summed E-state index contributed by atoms with van der Waals surface area (Å²) in [6.45, 7) is 1.79. The van der Waals surface area contributed by atoms with Gasteiger partial charge in [0.25, 0.3) is 0 Å². The number of hydrogen-bond acceptors (Lipinski definition) is 7. The fourth-order valence-electron chi connectivity index (χ4n) is 3.42. The minimum Gasteiger partial charge on any atom is -0.496 e. The van der Waals surface area contributed by atoms with E-state index in [1.807, 2.05) is 30.3 Å². The Kier molecular flexibility index (Phi) is 4.45. The zero-order valence-corrected chi connectivity index (χ0v) is 15.8. The molecule has 2 heterocycles. The van der Waals surface area contributed by atoms with Crippen LogP contribution in [0.25, 0.3) is 33.4 Å². The molecule has 0 fully saturated rings. The van der Waals surface area contributed by atoms with Crippen LogP contribution in [0, 0.1) is 18.3 Å². The lowest BCUT2D eigenvalue weighted by atomic mass is 9.95. The van der Waals surface area contributed by atoms with Crippen molar-refractivity contribution in [3.8, 4) is 34.2 Å². The Hall–Kier alpha value is -4.18. The van der Waals surface area contributed by atoms with Crippen molar-refractivity contribution in [3.63, 3.8) is 0 Å². The summed E-state index contributed by atoms with van der Waals surface area (Å²) in [5.74, 6) is 0.488. The van der Waals surface area contributed by atoms with Crippen molar-refractivity contribution >= 4 is 16.9 Å². The van der Waals surface area contributed by atoms with Crippen LogP contribution in [0.5, 0.6) is 5.75 Å². The molecule has 7 heteroatoms. The summed E-state index contributed by atoms with van der Waals surface area (Å²) in [4.78, 5) is 20.4. The number of hydrogen-bond donors (Lipinski definition) is 1. The summed E-state index contributed by atoms with van der Waals surface area (Å²) in [6.07, 6.45) is 1.37. The monoisotopic (exact) mass is 384 g/mol. The predicted molar refractivity (Wildman–Crippen MR) is 109 cm³/mol. The summed E-state index contributed by atoms with van der Waals surface area (Å²) in [6, 6.07) is 14.9. The van der Waals surface area contributed by atoms with Gasteiger partial charge in [-0.15, -0.1) is 0 Å². The van der Waals surface area contributed by atoms with Crippen molar-refractivity contribution in [3.05, 3.63) is 70.2 Å². The molecule has 0 aliphatic heterocycles. The lowest BCUT2D eigenvalue weighted by molar-refractivity contribution is 0.412. The fourth-order valence-corrected chi connectivity index (χ4v) is 3.42. The molecule has 0 aliphatic rings. The van der Waals surface area contributed by atoms with Crippen molar-refractivity contribution < 1.29 is 9.15 Å². The number of nitrogens with two attached hydrogens (primary N) is 1. The number of nitrogen functional groups attached to an aromatic ring is 1. The Balaban J connectivity index is 2.16. The molecule has 4 rings (SSSR count). The third kappa shape index (κ3) is 3.07. The van der Waals surface area contributed by atoms with Crippen LogP contribution in [0.1, 0.15) is 11.1 Å². The molecule has 0 atom stereocenters. The minimum atomic E-state index is -0.460. The topological polar surface area (TPSA) is 115 Å². The molecule has 2 aromatic heterocycles. The maximum absolute atomic E-state index is 12.2. The highest BCUT2D eigenvalue weighted by Gasteiger charge is 2.21. The summed E-state index contributed by atoms with van der Waals surface area (Å²) < 4.78 is 11.1. The van der Waals surface area contributed by atoms with Gasteiger partial charge in [-0.1, -0.05) is 30.3 Å². The van der Waals surface area contributed by atoms with Crippen LogP contribution >= 0.6 is 0 Å². The van der Waals surface area contributed by atoms with Crippen molar-refractivity contribution in [2.45, 2.75) is 6.92 Å². The molecule has 4 aromatic rings. The second-order valence-electron chi connectivity index (χ2n) is 6.41. The van der Waals surface area contributed by atoms with E-state index in [2.05, 4.69) is 16.0 Å². The van der Waals surface area contributed by atoms with Gasteiger partial charge in [-0.2, -0.15) is 5.26 Å². The average molecular weight is 384 g/mol. The molecule has 29 heavy (non-hydrogen) atoms. The Morgan fingerprint density at radius 2 is 1.93 bits per heavy atom. The van der Waals surface area contributed by atoms with E-state index in [4.69, 9.17) is 14.9 Å². The van der Waals surface area contributed by atoms with Gasteiger partial charge in [-0.3, -0.25) is 0 Å². The van der Waals surface area contributed by atoms with Gasteiger partial charge in [-0.25, -0.2) is 14.8 Å². The predicted octanol–water partition coefficient (Wildman–Crippen LogP) is 3.69. The summed E-state index contributed by atoms with van der Waals surface area (Å²) in [5.41, 5.74) is 9.10. The highest BCUT2D eigenvalue weighted by atomic mass is 16.5. The highest BCUT2D eigenvalue weighted by Crippen LogP contribution is 2.41. The number of aryl methyl sites for hydroxylation is 1. The zero-order valence-electron chi connectivity index (χ0n) is 15.8. The van der Waals surface area contributed by atoms with Crippen LogP contribution in [0.4, 0.5) is 5.95 Å². The smallest absolute Gasteiger partial charge is 0.336 e. The lowest BCUT2D eigenvalue weighted by Gasteiger charge is -2.16. The van der Waals surface area contributed by atoms with Crippen LogP contribution in [0.15, 0.2) is 57.9 Å². The lowest BCUT2D eigenvalue weighted by Crippen LogP contribution is -2.04. The molecule has 2 aromatic carbocycles. The number of methoxy groups -OCH3 is 1. The zero-order chi connectivity index (χ0) is 20.5. The summed E-state index contributed by atoms with van der Waals surface area (Å²) in [7, 11) is 1.51. The number of ether oxygens (including phenoxy) is 1. The molecule has 0 unspecified atom stereocenters. The van der Waals surface area contributed by atoms with Crippen LogP contribution in [-0.4, -0.2) is 17.1 Å².